The van der Waals surface area contributed by atoms with Crippen LogP contribution in [-0.4, -0.2) is 9.97 Å². The van der Waals surface area contributed by atoms with Crippen molar-refractivity contribution in [2.45, 2.75) is 6.92 Å². The molecule has 0 unspecified atom stereocenters. The molecule has 2 nitrogen and oxygen atoms in total. The molecule has 0 saturated heterocycles. The van der Waals surface area contributed by atoms with E-state index < -0.39 is 5.95 Å². The Labute approximate surface area is 117 Å². The molecule has 2 aromatic carbocycles. The number of nitrogens with zero attached hydrogens (tertiary/aromatic N) is 2. The van der Waals surface area contributed by atoms with E-state index in [4.69, 9.17) is 0 Å². The van der Waals surface area contributed by atoms with Gasteiger partial charge in [-0.1, -0.05) is 60.2 Å². The van der Waals surface area contributed by atoms with Gasteiger partial charge in [0.15, 0.2) is 5.82 Å². The van der Waals surface area contributed by atoms with E-state index in [1.807, 2.05) is 61.5 Å². The second-order valence-corrected chi connectivity index (χ2v) is 4.63. The van der Waals surface area contributed by atoms with E-state index in [-0.39, 0.29) is 0 Å². The van der Waals surface area contributed by atoms with Crippen LogP contribution in [0.15, 0.2) is 60.7 Å². The average molecular weight is 264 g/mol. The smallest absolute Gasteiger partial charge is 0.217 e. The van der Waals surface area contributed by atoms with Gasteiger partial charge in [-0.2, -0.15) is 9.37 Å². The number of aromatic nitrogens is 2. The minimum atomic E-state index is -0.519. The molecule has 0 atom stereocenters. The summed E-state index contributed by atoms with van der Waals surface area (Å²) < 4.78 is 13.7. The Balaban J connectivity index is 2.09. The van der Waals surface area contributed by atoms with Crippen LogP contribution in [0.1, 0.15) is 5.56 Å². The molecule has 98 valence electrons. The van der Waals surface area contributed by atoms with Gasteiger partial charge in [0, 0.05) is 17.2 Å². The predicted molar refractivity (Wildman–Crippen MR) is 77.6 cm³/mol. The maximum absolute atomic E-state index is 13.7. The molecule has 3 rings (SSSR count). The lowest BCUT2D eigenvalue weighted by atomic mass is 10.1. The summed E-state index contributed by atoms with van der Waals surface area (Å²) in [5.41, 5.74) is 3.44. The molecule has 0 amide bonds. The summed E-state index contributed by atoms with van der Waals surface area (Å²) in [5, 5.41) is 0. The average Bonchev–Trinajstić information content (AvgIpc) is 2.48. The van der Waals surface area contributed by atoms with Crippen LogP contribution in [0.25, 0.3) is 22.6 Å². The van der Waals surface area contributed by atoms with Crippen molar-refractivity contribution >= 4 is 0 Å². The topological polar surface area (TPSA) is 25.8 Å². The molecular formula is C17H13FN2. The summed E-state index contributed by atoms with van der Waals surface area (Å²) in [6.45, 7) is 2.01. The number of hydrogen-bond donors (Lipinski definition) is 0. The lowest BCUT2D eigenvalue weighted by Gasteiger charge is -2.05. The van der Waals surface area contributed by atoms with Gasteiger partial charge in [0.1, 0.15) is 0 Å². The van der Waals surface area contributed by atoms with Gasteiger partial charge < -0.3 is 0 Å². The van der Waals surface area contributed by atoms with Crippen molar-refractivity contribution in [3.8, 4) is 22.6 Å². The highest BCUT2D eigenvalue weighted by atomic mass is 19.1. The van der Waals surface area contributed by atoms with Gasteiger partial charge in [-0.05, 0) is 6.92 Å². The number of hydrogen-bond acceptors (Lipinski definition) is 2. The minimum Gasteiger partial charge on any atom is -0.228 e. The van der Waals surface area contributed by atoms with Crippen LogP contribution >= 0.6 is 0 Å². The maximum atomic E-state index is 13.7. The second-order valence-electron chi connectivity index (χ2n) is 4.63. The standard InChI is InChI=1S/C17H13FN2/c1-12-7-9-13(10-8-12)15-11-16(18)20-17(19-15)14-5-3-2-4-6-14/h2-11H,1H3. The molecule has 0 spiro atoms. The van der Waals surface area contributed by atoms with Crippen LogP contribution in [0.2, 0.25) is 0 Å². The zero-order valence-electron chi connectivity index (χ0n) is 11.0. The Morgan fingerprint density at radius 3 is 2.20 bits per heavy atom. The molecule has 1 aromatic heterocycles. The number of halogens is 1. The summed E-state index contributed by atoms with van der Waals surface area (Å²) in [5.74, 6) is -0.115. The lowest BCUT2D eigenvalue weighted by Crippen LogP contribution is -1.95. The monoisotopic (exact) mass is 264 g/mol. The lowest BCUT2D eigenvalue weighted by molar-refractivity contribution is 0.582. The largest absolute Gasteiger partial charge is 0.228 e. The third-order valence-corrected chi connectivity index (χ3v) is 3.07. The maximum Gasteiger partial charge on any atom is 0.217 e. The molecule has 3 aromatic rings. The van der Waals surface area contributed by atoms with Crippen molar-refractivity contribution in [3.63, 3.8) is 0 Å². The van der Waals surface area contributed by atoms with Gasteiger partial charge in [-0.3, -0.25) is 0 Å². The van der Waals surface area contributed by atoms with Crippen LogP contribution in [0, 0.1) is 12.9 Å². The van der Waals surface area contributed by atoms with Crippen molar-refractivity contribution < 1.29 is 4.39 Å². The second kappa shape index (κ2) is 5.21. The summed E-state index contributed by atoms with van der Waals surface area (Å²) in [7, 11) is 0. The normalized spacial score (nSPS) is 10.5. The first-order chi connectivity index (χ1) is 9.72. The Hall–Kier alpha value is -2.55. The Kier molecular flexibility index (Phi) is 3.25. The Morgan fingerprint density at radius 2 is 1.50 bits per heavy atom. The summed E-state index contributed by atoms with van der Waals surface area (Å²) in [6, 6.07) is 18.6. The molecule has 0 aliphatic rings. The number of benzene rings is 2. The van der Waals surface area contributed by atoms with Gasteiger partial charge in [0.2, 0.25) is 5.95 Å². The molecule has 0 aliphatic carbocycles. The van der Waals surface area contributed by atoms with E-state index in [0.717, 1.165) is 16.7 Å². The zero-order chi connectivity index (χ0) is 13.9. The molecule has 0 N–H and O–H groups in total. The summed E-state index contributed by atoms with van der Waals surface area (Å²) >= 11 is 0. The van der Waals surface area contributed by atoms with Crippen LogP contribution in [0.3, 0.4) is 0 Å². The Bertz CT molecular complexity index is 722. The van der Waals surface area contributed by atoms with Crippen LogP contribution in [0.5, 0.6) is 0 Å². The van der Waals surface area contributed by atoms with Crippen LogP contribution < -0.4 is 0 Å². The molecule has 0 radical (unpaired) electrons. The van der Waals surface area contributed by atoms with Crippen molar-refractivity contribution in [2.24, 2.45) is 0 Å². The van der Waals surface area contributed by atoms with Crippen molar-refractivity contribution in [2.75, 3.05) is 0 Å². The fraction of sp³-hybridized carbons (Fsp3) is 0.0588. The van der Waals surface area contributed by atoms with Gasteiger partial charge in [-0.15, -0.1) is 0 Å². The highest BCUT2D eigenvalue weighted by Gasteiger charge is 2.08. The first-order valence-corrected chi connectivity index (χ1v) is 6.39. The molecule has 0 aliphatic heterocycles. The Morgan fingerprint density at radius 1 is 0.800 bits per heavy atom. The molecule has 0 fully saturated rings. The summed E-state index contributed by atoms with van der Waals surface area (Å²) in [6.07, 6.45) is 0. The fourth-order valence-electron chi connectivity index (χ4n) is 2.01. The van der Waals surface area contributed by atoms with E-state index in [9.17, 15) is 4.39 Å². The third kappa shape index (κ3) is 2.57. The molecule has 0 saturated carbocycles. The third-order valence-electron chi connectivity index (χ3n) is 3.07. The van der Waals surface area contributed by atoms with E-state index in [0.29, 0.717) is 11.5 Å². The SMILES string of the molecule is Cc1ccc(-c2cc(F)nc(-c3ccccc3)n2)cc1. The molecular weight excluding hydrogens is 251 g/mol. The van der Waals surface area contributed by atoms with E-state index in [2.05, 4.69) is 9.97 Å². The van der Waals surface area contributed by atoms with Crippen molar-refractivity contribution in [1.29, 1.82) is 0 Å². The van der Waals surface area contributed by atoms with Gasteiger partial charge in [0.05, 0.1) is 5.69 Å². The highest BCUT2D eigenvalue weighted by Crippen LogP contribution is 2.22. The van der Waals surface area contributed by atoms with Gasteiger partial charge in [-0.25, -0.2) is 4.98 Å². The van der Waals surface area contributed by atoms with Crippen LogP contribution in [-0.2, 0) is 0 Å². The van der Waals surface area contributed by atoms with E-state index >= 15 is 0 Å². The number of rotatable bonds is 2. The van der Waals surface area contributed by atoms with Gasteiger partial charge in [0.25, 0.3) is 0 Å². The van der Waals surface area contributed by atoms with E-state index in [1.54, 1.807) is 0 Å². The van der Waals surface area contributed by atoms with Crippen molar-refractivity contribution in [3.05, 3.63) is 72.2 Å². The first-order valence-electron chi connectivity index (χ1n) is 6.39. The number of aryl methyl sites for hydroxylation is 1. The van der Waals surface area contributed by atoms with Gasteiger partial charge >= 0.3 is 0 Å². The quantitative estimate of drug-likeness (QED) is 0.646. The highest BCUT2D eigenvalue weighted by molar-refractivity contribution is 5.63. The van der Waals surface area contributed by atoms with Crippen LogP contribution in [0.4, 0.5) is 4.39 Å². The van der Waals surface area contributed by atoms with Crippen molar-refractivity contribution in [1.82, 2.24) is 9.97 Å². The minimum absolute atomic E-state index is 0.404. The molecule has 3 heteroatoms. The van der Waals surface area contributed by atoms with E-state index in [1.165, 1.54) is 6.07 Å². The first kappa shape index (κ1) is 12.5. The zero-order valence-corrected chi connectivity index (χ0v) is 11.0. The molecule has 1 heterocycles. The molecule has 0 bridgehead atoms. The fourth-order valence-corrected chi connectivity index (χ4v) is 2.01. The predicted octanol–water partition coefficient (Wildman–Crippen LogP) is 4.26. The summed E-state index contributed by atoms with van der Waals surface area (Å²) in [4.78, 5) is 8.32. The molecule has 20 heavy (non-hydrogen) atoms.